The molecule has 3 aromatic heterocycles. The van der Waals surface area contributed by atoms with Gasteiger partial charge in [-0.15, -0.1) is 0 Å². The summed E-state index contributed by atoms with van der Waals surface area (Å²) in [6.45, 7) is 5.80. The lowest BCUT2D eigenvalue weighted by Gasteiger charge is -2.12. The summed E-state index contributed by atoms with van der Waals surface area (Å²) in [7, 11) is 0. The number of ether oxygens (including phenoxy) is 1. The summed E-state index contributed by atoms with van der Waals surface area (Å²) in [4.78, 5) is 18.2. The lowest BCUT2D eigenvalue weighted by atomic mass is 10.1. The molecule has 0 saturated heterocycles. The molecule has 5 rings (SSSR count). The quantitative estimate of drug-likeness (QED) is 0.367. The van der Waals surface area contributed by atoms with E-state index < -0.39 is 0 Å². The van der Waals surface area contributed by atoms with Crippen molar-refractivity contribution in [3.63, 3.8) is 0 Å². The van der Waals surface area contributed by atoms with Crippen LogP contribution in [0.4, 0.5) is 4.39 Å². The Balaban J connectivity index is 1.55. The van der Waals surface area contributed by atoms with E-state index in [0.717, 1.165) is 16.9 Å². The van der Waals surface area contributed by atoms with Gasteiger partial charge in [0.15, 0.2) is 11.4 Å². The van der Waals surface area contributed by atoms with Gasteiger partial charge in [-0.2, -0.15) is 5.10 Å². The van der Waals surface area contributed by atoms with Gasteiger partial charge < -0.3 is 4.74 Å². The highest BCUT2D eigenvalue weighted by atomic mass is 19.1. The Labute approximate surface area is 195 Å². The van der Waals surface area contributed by atoms with E-state index in [0.29, 0.717) is 33.9 Å². The fraction of sp³-hybridized carbons (Fsp3) is 0.148. The van der Waals surface area contributed by atoms with Gasteiger partial charge in [0.05, 0.1) is 16.9 Å². The number of rotatable bonds is 5. The maximum absolute atomic E-state index is 14.0. The van der Waals surface area contributed by atoms with Crippen LogP contribution in [0.3, 0.4) is 0 Å². The zero-order valence-electron chi connectivity index (χ0n) is 19.1. The highest BCUT2D eigenvalue weighted by Gasteiger charge is 2.18. The smallest absolute Gasteiger partial charge is 0.267 e. The minimum atomic E-state index is -0.342. The van der Waals surface area contributed by atoms with Crippen LogP contribution in [0.2, 0.25) is 0 Å². The van der Waals surface area contributed by atoms with E-state index in [1.807, 2.05) is 48.9 Å². The molecule has 0 radical (unpaired) electrons. The molecule has 5 aromatic rings. The molecule has 0 bridgehead atoms. The lowest BCUT2D eigenvalue weighted by molar-refractivity contribution is 0.301. The van der Waals surface area contributed by atoms with Crippen molar-refractivity contribution in [2.45, 2.75) is 27.4 Å². The molecule has 0 spiro atoms. The number of benzene rings is 2. The van der Waals surface area contributed by atoms with Crippen molar-refractivity contribution in [2.24, 2.45) is 0 Å². The molecule has 3 heterocycles. The number of fused-ring (bicyclic) bond motifs is 1. The van der Waals surface area contributed by atoms with Crippen LogP contribution >= 0.6 is 0 Å². The first-order chi connectivity index (χ1) is 16.4. The Bertz CT molecular complexity index is 1570. The Kier molecular flexibility index (Phi) is 5.45. The largest absolute Gasteiger partial charge is 0.485 e. The van der Waals surface area contributed by atoms with Crippen LogP contribution in [0.25, 0.3) is 22.6 Å². The topological polar surface area (TPSA) is 61.4 Å². The number of hydrogen-bond acceptors (Lipinski definition) is 4. The Hall–Kier alpha value is -4.26. The van der Waals surface area contributed by atoms with Gasteiger partial charge in [-0.1, -0.05) is 35.9 Å². The Morgan fingerprint density at radius 1 is 0.971 bits per heavy atom. The number of pyridine rings is 1. The number of aromatic nitrogens is 4. The molecule has 0 saturated carbocycles. The zero-order valence-corrected chi connectivity index (χ0v) is 19.1. The van der Waals surface area contributed by atoms with Crippen molar-refractivity contribution in [2.75, 3.05) is 0 Å². The van der Waals surface area contributed by atoms with Crippen LogP contribution in [0.1, 0.15) is 22.5 Å². The first-order valence-corrected chi connectivity index (χ1v) is 10.9. The second-order valence-corrected chi connectivity index (χ2v) is 8.24. The SMILES string of the molecule is Cc1ccc(-n2nc(-c3c(C)nc4c(OCc5ccccc5F)cccn4c3=O)cc2C)cc1. The summed E-state index contributed by atoms with van der Waals surface area (Å²) in [6, 6.07) is 19.8. The van der Waals surface area contributed by atoms with Crippen molar-refractivity contribution >= 4 is 5.65 Å². The van der Waals surface area contributed by atoms with E-state index in [-0.39, 0.29) is 18.0 Å². The van der Waals surface area contributed by atoms with Gasteiger partial charge in [-0.3, -0.25) is 9.20 Å². The molecule has 6 nitrogen and oxygen atoms in total. The van der Waals surface area contributed by atoms with E-state index in [9.17, 15) is 9.18 Å². The molecule has 0 fully saturated rings. The minimum Gasteiger partial charge on any atom is -0.485 e. The Morgan fingerprint density at radius 2 is 1.74 bits per heavy atom. The molecular formula is C27H23FN4O2. The van der Waals surface area contributed by atoms with Gasteiger partial charge in [-0.25, -0.2) is 14.1 Å². The lowest BCUT2D eigenvalue weighted by Crippen LogP contribution is -2.19. The molecule has 0 amide bonds. The van der Waals surface area contributed by atoms with Crippen molar-refractivity contribution in [3.8, 4) is 22.7 Å². The molecule has 170 valence electrons. The highest BCUT2D eigenvalue weighted by molar-refractivity contribution is 5.65. The Morgan fingerprint density at radius 3 is 2.50 bits per heavy atom. The van der Waals surface area contributed by atoms with Gasteiger partial charge in [0.25, 0.3) is 5.56 Å². The summed E-state index contributed by atoms with van der Waals surface area (Å²) in [5.41, 5.74) is 5.08. The monoisotopic (exact) mass is 454 g/mol. The second kappa shape index (κ2) is 8.59. The predicted molar refractivity (Wildman–Crippen MR) is 129 cm³/mol. The maximum Gasteiger partial charge on any atom is 0.267 e. The summed E-state index contributed by atoms with van der Waals surface area (Å²) in [6.07, 6.45) is 1.65. The molecule has 0 aliphatic rings. The third kappa shape index (κ3) is 3.85. The van der Waals surface area contributed by atoms with Crippen LogP contribution in [0.15, 0.2) is 77.7 Å². The second-order valence-electron chi connectivity index (χ2n) is 8.24. The van der Waals surface area contributed by atoms with Crippen LogP contribution in [-0.4, -0.2) is 19.2 Å². The highest BCUT2D eigenvalue weighted by Crippen LogP contribution is 2.25. The molecular weight excluding hydrogens is 431 g/mol. The van der Waals surface area contributed by atoms with Gasteiger partial charge in [0.1, 0.15) is 18.1 Å². The molecule has 2 aromatic carbocycles. The summed E-state index contributed by atoms with van der Waals surface area (Å²) in [5, 5.41) is 4.71. The minimum absolute atomic E-state index is 0.0309. The average molecular weight is 455 g/mol. The van der Waals surface area contributed by atoms with E-state index in [1.165, 1.54) is 10.5 Å². The number of nitrogens with zero attached hydrogens (tertiary/aromatic N) is 4. The molecule has 0 aliphatic carbocycles. The molecule has 0 N–H and O–H groups in total. The average Bonchev–Trinajstić information content (AvgIpc) is 3.20. The fourth-order valence-corrected chi connectivity index (χ4v) is 3.97. The maximum atomic E-state index is 14.0. The van der Waals surface area contributed by atoms with Gasteiger partial charge >= 0.3 is 0 Å². The molecule has 34 heavy (non-hydrogen) atoms. The van der Waals surface area contributed by atoms with E-state index in [4.69, 9.17) is 9.84 Å². The third-order valence-corrected chi connectivity index (χ3v) is 5.76. The standard InChI is InChI=1S/C27H23FN4O2/c1-17-10-12-21(13-11-17)32-18(2)15-23(30-32)25-19(3)29-26-24(9-6-14-31(26)27(25)33)34-16-20-7-4-5-8-22(20)28/h4-15H,16H2,1-3H3. The normalized spacial score (nSPS) is 11.2. The van der Waals surface area contributed by atoms with Gasteiger partial charge in [0, 0.05) is 17.5 Å². The fourth-order valence-electron chi connectivity index (χ4n) is 3.97. The van der Waals surface area contributed by atoms with Crippen molar-refractivity contribution in [1.82, 2.24) is 19.2 Å². The van der Waals surface area contributed by atoms with Crippen LogP contribution in [-0.2, 0) is 6.61 Å². The summed E-state index contributed by atoms with van der Waals surface area (Å²) >= 11 is 0. The van der Waals surface area contributed by atoms with E-state index in [1.54, 1.807) is 43.5 Å². The number of hydrogen-bond donors (Lipinski definition) is 0. The zero-order chi connectivity index (χ0) is 23.8. The number of halogens is 1. The van der Waals surface area contributed by atoms with Crippen LogP contribution < -0.4 is 10.3 Å². The molecule has 0 unspecified atom stereocenters. The van der Waals surface area contributed by atoms with Crippen molar-refractivity contribution < 1.29 is 9.13 Å². The summed E-state index contributed by atoms with van der Waals surface area (Å²) in [5.74, 6) is 0.0599. The molecule has 7 heteroatoms. The van der Waals surface area contributed by atoms with Crippen molar-refractivity contribution in [1.29, 1.82) is 0 Å². The first-order valence-electron chi connectivity index (χ1n) is 10.9. The molecule has 0 aliphatic heterocycles. The first kappa shape index (κ1) is 21.6. The van der Waals surface area contributed by atoms with Crippen LogP contribution in [0, 0.1) is 26.6 Å². The van der Waals surface area contributed by atoms with Crippen molar-refractivity contribution in [3.05, 3.63) is 112 Å². The van der Waals surface area contributed by atoms with Crippen LogP contribution in [0.5, 0.6) is 5.75 Å². The van der Waals surface area contributed by atoms with E-state index in [2.05, 4.69) is 4.98 Å². The predicted octanol–water partition coefficient (Wildman–Crippen LogP) is 5.19. The van der Waals surface area contributed by atoms with E-state index >= 15 is 0 Å². The number of aryl methyl sites for hydroxylation is 3. The summed E-state index contributed by atoms with van der Waals surface area (Å²) < 4.78 is 23.1. The third-order valence-electron chi connectivity index (χ3n) is 5.76. The van der Waals surface area contributed by atoms with Gasteiger partial charge in [-0.05, 0) is 57.2 Å². The molecule has 0 atom stereocenters. The van der Waals surface area contributed by atoms with Gasteiger partial charge in [0.2, 0.25) is 0 Å².